The summed E-state index contributed by atoms with van der Waals surface area (Å²) in [7, 11) is 1.75. The summed E-state index contributed by atoms with van der Waals surface area (Å²) in [5.74, 6) is -1.54. The van der Waals surface area contributed by atoms with E-state index in [1.807, 2.05) is 30.3 Å². The zero-order valence-electron chi connectivity index (χ0n) is 11.1. The maximum absolute atomic E-state index is 13.2. The first-order chi connectivity index (χ1) is 9.04. The van der Waals surface area contributed by atoms with Crippen LogP contribution in [0.4, 0.5) is 13.2 Å². The molecule has 1 nitrogen and oxygen atoms in total. The minimum atomic E-state index is -4.09. The average Bonchev–Trinajstić information content (AvgIpc) is 2.40. The lowest BCUT2D eigenvalue weighted by Crippen LogP contribution is -2.39. The molecule has 106 valence electrons. The zero-order valence-corrected chi connectivity index (χ0v) is 11.1. The van der Waals surface area contributed by atoms with Crippen LogP contribution in [-0.4, -0.2) is 13.2 Å². The van der Waals surface area contributed by atoms with Crippen LogP contribution in [0.15, 0.2) is 30.3 Å². The predicted octanol–water partition coefficient (Wildman–Crippen LogP) is 4.32. The maximum atomic E-state index is 13.2. The molecule has 1 aliphatic carbocycles. The van der Waals surface area contributed by atoms with Gasteiger partial charge in [-0.15, -0.1) is 0 Å². The molecular weight excluding hydrogens is 251 g/mol. The normalized spacial score (nSPS) is 26.1. The first-order valence-corrected chi connectivity index (χ1v) is 6.83. The Morgan fingerprint density at radius 1 is 1.11 bits per heavy atom. The van der Waals surface area contributed by atoms with E-state index in [2.05, 4.69) is 5.32 Å². The van der Waals surface area contributed by atoms with Gasteiger partial charge in [-0.2, -0.15) is 13.2 Å². The lowest BCUT2D eigenvalue weighted by Gasteiger charge is -2.38. The summed E-state index contributed by atoms with van der Waals surface area (Å²) in [5.41, 5.74) is 0.950. The molecule has 1 N–H and O–H groups in total. The number of hydrogen-bond donors (Lipinski definition) is 1. The van der Waals surface area contributed by atoms with E-state index in [1.54, 1.807) is 7.05 Å². The molecule has 0 radical (unpaired) electrons. The minimum Gasteiger partial charge on any atom is -0.313 e. The SMILES string of the molecule is CNC(c1ccccc1)C1CCCCC1C(F)(F)F. The third-order valence-corrected chi connectivity index (χ3v) is 4.14. The van der Waals surface area contributed by atoms with E-state index in [0.717, 1.165) is 12.0 Å². The topological polar surface area (TPSA) is 12.0 Å². The molecule has 1 aliphatic rings. The molecule has 0 spiro atoms. The van der Waals surface area contributed by atoms with Crippen molar-refractivity contribution in [2.45, 2.75) is 37.9 Å². The second kappa shape index (κ2) is 5.95. The van der Waals surface area contributed by atoms with Gasteiger partial charge in [0, 0.05) is 6.04 Å². The second-order valence-electron chi connectivity index (χ2n) is 5.27. The van der Waals surface area contributed by atoms with Crippen LogP contribution in [-0.2, 0) is 0 Å². The Morgan fingerprint density at radius 3 is 2.32 bits per heavy atom. The van der Waals surface area contributed by atoms with Gasteiger partial charge >= 0.3 is 6.18 Å². The number of rotatable bonds is 3. The quantitative estimate of drug-likeness (QED) is 0.863. The molecule has 0 bridgehead atoms. The van der Waals surface area contributed by atoms with E-state index in [4.69, 9.17) is 0 Å². The molecule has 1 saturated carbocycles. The lowest BCUT2D eigenvalue weighted by molar-refractivity contribution is -0.199. The van der Waals surface area contributed by atoms with Gasteiger partial charge in [0.05, 0.1) is 5.92 Å². The largest absolute Gasteiger partial charge is 0.392 e. The number of nitrogens with one attached hydrogen (secondary N) is 1. The van der Waals surface area contributed by atoms with Crippen molar-refractivity contribution in [3.63, 3.8) is 0 Å². The fraction of sp³-hybridized carbons (Fsp3) is 0.600. The highest BCUT2D eigenvalue weighted by Crippen LogP contribution is 2.46. The van der Waals surface area contributed by atoms with Crippen molar-refractivity contribution in [3.05, 3.63) is 35.9 Å². The summed E-state index contributed by atoms with van der Waals surface area (Å²) >= 11 is 0. The lowest BCUT2D eigenvalue weighted by atomic mass is 9.73. The van der Waals surface area contributed by atoms with Crippen LogP contribution in [0.5, 0.6) is 0 Å². The predicted molar refractivity (Wildman–Crippen MR) is 69.7 cm³/mol. The number of benzene rings is 1. The van der Waals surface area contributed by atoms with Crippen LogP contribution >= 0.6 is 0 Å². The van der Waals surface area contributed by atoms with Crippen LogP contribution in [0.3, 0.4) is 0 Å². The van der Waals surface area contributed by atoms with E-state index in [0.29, 0.717) is 12.8 Å². The van der Waals surface area contributed by atoms with E-state index in [9.17, 15) is 13.2 Å². The molecule has 0 aliphatic heterocycles. The number of alkyl halides is 3. The Labute approximate surface area is 112 Å². The van der Waals surface area contributed by atoms with Gasteiger partial charge in [0.1, 0.15) is 0 Å². The highest BCUT2D eigenvalue weighted by Gasteiger charge is 2.47. The molecule has 1 aromatic rings. The molecular formula is C15H20F3N. The molecule has 19 heavy (non-hydrogen) atoms. The van der Waals surface area contributed by atoms with Crippen LogP contribution in [0.2, 0.25) is 0 Å². The van der Waals surface area contributed by atoms with Crippen molar-refractivity contribution in [1.29, 1.82) is 0 Å². The van der Waals surface area contributed by atoms with Gasteiger partial charge in [0.25, 0.3) is 0 Å². The summed E-state index contributed by atoms with van der Waals surface area (Å²) in [5, 5.41) is 3.09. The molecule has 3 atom stereocenters. The van der Waals surface area contributed by atoms with Gasteiger partial charge in [0.15, 0.2) is 0 Å². The standard InChI is InChI=1S/C15H20F3N/c1-19-14(11-7-3-2-4-8-11)12-9-5-6-10-13(12)15(16,17)18/h2-4,7-8,12-14,19H,5-6,9-10H2,1H3. The van der Waals surface area contributed by atoms with Gasteiger partial charge in [-0.25, -0.2) is 0 Å². The van der Waals surface area contributed by atoms with E-state index < -0.39 is 12.1 Å². The fourth-order valence-electron chi connectivity index (χ4n) is 3.25. The molecule has 0 heterocycles. The second-order valence-corrected chi connectivity index (χ2v) is 5.27. The van der Waals surface area contributed by atoms with Gasteiger partial charge in [-0.3, -0.25) is 0 Å². The number of hydrogen-bond acceptors (Lipinski definition) is 1. The van der Waals surface area contributed by atoms with Crippen molar-refractivity contribution < 1.29 is 13.2 Å². The summed E-state index contributed by atoms with van der Waals surface area (Å²) in [6.07, 6.45) is -1.60. The van der Waals surface area contributed by atoms with Gasteiger partial charge in [0.2, 0.25) is 0 Å². The molecule has 0 aromatic heterocycles. The van der Waals surface area contributed by atoms with Crippen molar-refractivity contribution in [2.75, 3.05) is 7.05 Å². The first-order valence-electron chi connectivity index (χ1n) is 6.83. The van der Waals surface area contributed by atoms with Crippen molar-refractivity contribution in [1.82, 2.24) is 5.32 Å². The molecule has 0 amide bonds. The molecule has 3 unspecified atom stereocenters. The summed E-state index contributed by atoms with van der Waals surface area (Å²) in [6.45, 7) is 0. The summed E-state index contributed by atoms with van der Waals surface area (Å²) < 4.78 is 39.5. The van der Waals surface area contributed by atoms with E-state index in [-0.39, 0.29) is 18.4 Å². The van der Waals surface area contributed by atoms with Crippen molar-refractivity contribution in [3.8, 4) is 0 Å². The Kier molecular flexibility index (Phi) is 4.50. The smallest absolute Gasteiger partial charge is 0.313 e. The average molecular weight is 271 g/mol. The monoisotopic (exact) mass is 271 g/mol. The van der Waals surface area contributed by atoms with Crippen molar-refractivity contribution in [2.24, 2.45) is 11.8 Å². The van der Waals surface area contributed by atoms with Crippen LogP contribution in [0.25, 0.3) is 0 Å². The van der Waals surface area contributed by atoms with Gasteiger partial charge < -0.3 is 5.32 Å². The molecule has 0 saturated heterocycles. The third-order valence-electron chi connectivity index (χ3n) is 4.14. The Balaban J connectivity index is 2.25. The summed E-state index contributed by atoms with van der Waals surface area (Å²) in [4.78, 5) is 0. The minimum absolute atomic E-state index is 0.215. The zero-order chi connectivity index (χ0) is 13.9. The molecule has 1 aromatic carbocycles. The Morgan fingerprint density at radius 2 is 1.74 bits per heavy atom. The number of halogens is 3. The molecule has 2 rings (SSSR count). The highest BCUT2D eigenvalue weighted by atomic mass is 19.4. The van der Waals surface area contributed by atoms with Crippen molar-refractivity contribution >= 4 is 0 Å². The Bertz CT molecular complexity index is 388. The Hall–Kier alpha value is -1.03. The van der Waals surface area contributed by atoms with E-state index >= 15 is 0 Å². The molecule has 1 fully saturated rings. The summed E-state index contributed by atoms with van der Waals surface area (Å²) in [6, 6.07) is 9.24. The van der Waals surface area contributed by atoms with Crippen LogP contribution < -0.4 is 5.32 Å². The van der Waals surface area contributed by atoms with Crippen LogP contribution in [0, 0.1) is 11.8 Å². The van der Waals surface area contributed by atoms with Crippen LogP contribution in [0.1, 0.15) is 37.3 Å². The first kappa shape index (κ1) is 14.4. The van der Waals surface area contributed by atoms with E-state index in [1.165, 1.54) is 0 Å². The third kappa shape index (κ3) is 3.30. The van der Waals surface area contributed by atoms with Gasteiger partial charge in [-0.1, -0.05) is 43.2 Å². The fourth-order valence-corrected chi connectivity index (χ4v) is 3.25. The maximum Gasteiger partial charge on any atom is 0.392 e. The highest BCUT2D eigenvalue weighted by molar-refractivity contribution is 5.20. The molecule has 4 heteroatoms. The van der Waals surface area contributed by atoms with Gasteiger partial charge in [-0.05, 0) is 31.4 Å².